The van der Waals surface area contributed by atoms with Crippen LogP contribution in [0.5, 0.6) is 0 Å². The molecule has 1 rings (SSSR count). The van der Waals surface area contributed by atoms with Gasteiger partial charge in [-0.15, -0.1) is 0 Å². The highest BCUT2D eigenvalue weighted by Gasteiger charge is 1.98. The van der Waals surface area contributed by atoms with Gasteiger partial charge < -0.3 is 21.1 Å². The molecule has 0 amide bonds. The van der Waals surface area contributed by atoms with Crippen molar-refractivity contribution in [2.45, 2.75) is 6.42 Å². The van der Waals surface area contributed by atoms with Crippen LogP contribution in [0.25, 0.3) is 0 Å². The molecule has 0 aromatic carbocycles. The standard InChI is InChI=1S/C5H11N3.C5H5NO2/c6-2-1-4-8-5-3-7;7-5(8)4-1-2-6-3-4/h8H,1,3-5,7H2;1-3,6H,(H,7,8). The quantitative estimate of drug-likeness (QED) is 0.532. The van der Waals surface area contributed by atoms with Crippen molar-refractivity contribution in [3.63, 3.8) is 0 Å². The van der Waals surface area contributed by atoms with Gasteiger partial charge in [-0.05, 0) is 6.07 Å². The van der Waals surface area contributed by atoms with E-state index in [1.807, 2.05) is 6.07 Å². The van der Waals surface area contributed by atoms with Crippen LogP contribution in [0.1, 0.15) is 16.8 Å². The van der Waals surface area contributed by atoms with E-state index in [0.717, 1.165) is 13.1 Å². The Morgan fingerprint density at radius 1 is 1.62 bits per heavy atom. The van der Waals surface area contributed by atoms with Crippen molar-refractivity contribution >= 4 is 5.97 Å². The summed E-state index contributed by atoms with van der Waals surface area (Å²) in [5, 5.41) is 19.3. The number of hydrogen-bond donors (Lipinski definition) is 4. The lowest BCUT2D eigenvalue weighted by Crippen LogP contribution is -2.22. The molecular weight excluding hydrogens is 208 g/mol. The third-order valence-corrected chi connectivity index (χ3v) is 1.58. The van der Waals surface area contributed by atoms with Crippen LogP contribution in [0.15, 0.2) is 18.5 Å². The van der Waals surface area contributed by atoms with E-state index in [4.69, 9.17) is 16.1 Å². The highest BCUT2D eigenvalue weighted by molar-refractivity contribution is 5.87. The summed E-state index contributed by atoms with van der Waals surface area (Å²) in [4.78, 5) is 12.7. The van der Waals surface area contributed by atoms with Gasteiger partial charge in [-0.2, -0.15) is 5.26 Å². The van der Waals surface area contributed by atoms with Crippen molar-refractivity contribution in [3.8, 4) is 6.07 Å². The van der Waals surface area contributed by atoms with Crippen LogP contribution in [0, 0.1) is 11.3 Å². The summed E-state index contributed by atoms with van der Waals surface area (Å²) < 4.78 is 0. The molecule has 0 radical (unpaired) electrons. The normalized spacial score (nSPS) is 8.75. The van der Waals surface area contributed by atoms with Crippen molar-refractivity contribution in [3.05, 3.63) is 24.0 Å². The molecule has 0 saturated carbocycles. The Kier molecular flexibility index (Phi) is 8.59. The first-order valence-corrected chi connectivity index (χ1v) is 4.86. The molecule has 6 heteroatoms. The van der Waals surface area contributed by atoms with Gasteiger partial charge in [0.25, 0.3) is 0 Å². The molecule has 0 spiro atoms. The van der Waals surface area contributed by atoms with E-state index >= 15 is 0 Å². The molecule has 0 aliphatic carbocycles. The summed E-state index contributed by atoms with van der Waals surface area (Å²) in [6.07, 6.45) is 3.58. The third kappa shape index (κ3) is 7.55. The number of aromatic nitrogens is 1. The topological polar surface area (TPSA) is 115 Å². The van der Waals surface area contributed by atoms with E-state index in [1.54, 1.807) is 6.20 Å². The van der Waals surface area contributed by atoms with E-state index in [9.17, 15) is 4.79 Å². The summed E-state index contributed by atoms with van der Waals surface area (Å²) in [6.45, 7) is 2.21. The number of aromatic amines is 1. The highest BCUT2D eigenvalue weighted by atomic mass is 16.4. The number of rotatable bonds is 5. The molecule has 1 aromatic heterocycles. The molecule has 1 aromatic rings. The smallest absolute Gasteiger partial charge is 0.337 e. The zero-order valence-corrected chi connectivity index (χ0v) is 8.94. The van der Waals surface area contributed by atoms with Gasteiger partial charge in [0.15, 0.2) is 0 Å². The Morgan fingerprint density at radius 3 is 2.75 bits per heavy atom. The van der Waals surface area contributed by atoms with Crippen LogP contribution in [-0.2, 0) is 0 Å². The first-order chi connectivity index (χ1) is 7.72. The monoisotopic (exact) mass is 224 g/mol. The van der Waals surface area contributed by atoms with Crippen LogP contribution in [-0.4, -0.2) is 35.7 Å². The van der Waals surface area contributed by atoms with Crippen LogP contribution in [0.4, 0.5) is 0 Å². The van der Waals surface area contributed by atoms with Gasteiger partial charge in [0, 0.05) is 38.4 Å². The van der Waals surface area contributed by atoms with E-state index in [0.29, 0.717) is 18.5 Å². The molecular formula is C10H16N4O2. The molecule has 0 saturated heterocycles. The molecule has 6 nitrogen and oxygen atoms in total. The summed E-state index contributed by atoms with van der Waals surface area (Å²) in [5.74, 6) is -0.897. The van der Waals surface area contributed by atoms with Crippen LogP contribution < -0.4 is 11.1 Å². The summed E-state index contributed by atoms with van der Waals surface area (Å²) >= 11 is 0. The van der Waals surface area contributed by atoms with E-state index in [1.165, 1.54) is 12.3 Å². The zero-order valence-electron chi connectivity index (χ0n) is 8.94. The minimum absolute atomic E-state index is 0.296. The highest BCUT2D eigenvalue weighted by Crippen LogP contribution is 1.93. The van der Waals surface area contributed by atoms with Crippen molar-refractivity contribution in [2.24, 2.45) is 5.73 Å². The van der Waals surface area contributed by atoms with E-state index in [-0.39, 0.29) is 0 Å². The molecule has 0 aliphatic rings. The van der Waals surface area contributed by atoms with Crippen molar-refractivity contribution in [2.75, 3.05) is 19.6 Å². The number of carbonyl (C=O) groups is 1. The Morgan fingerprint density at radius 2 is 2.38 bits per heavy atom. The number of nitriles is 1. The van der Waals surface area contributed by atoms with Crippen LogP contribution in [0.2, 0.25) is 0 Å². The van der Waals surface area contributed by atoms with Gasteiger partial charge in [-0.3, -0.25) is 0 Å². The molecule has 0 fully saturated rings. The van der Waals surface area contributed by atoms with Gasteiger partial charge in [0.05, 0.1) is 11.6 Å². The molecule has 5 N–H and O–H groups in total. The first kappa shape index (κ1) is 14.2. The molecule has 1 heterocycles. The maximum atomic E-state index is 10.0. The minimum Gasteiger partial charge on any atom is -0.478 e. The number of nitrogens with one attached hydrogen (secondary N) is 2. The lowest BCUT2D eigenvalue weighted by atomic mass is 10.4. The number of H-pyrrole nitrogens is 1. The summed E-state index contributed by atoms with van der Waals surface area (Å²) in [7, 11) is 0. The maximum absolute atomic E-state index is 10.0. The molecule has 0 bridgehead atoms. The number of nitrogens with two attached hydrogens (primary N) is 1. The van der Waals surface area contributed by atoms with E-state index in [2.05, 4.69) is 10.3 Å². The fourth-order valence-electron chi connectivity index (χ4n) is 0.828. The van der Waals surface area contributed by atoms with Gasteiger partial charge in [0.2, 0.25) is 0 Å². The fourth-order valence-corrected chi connectivity index (χ4v) is 0.828. The number of carboxylic acid groups (broad SMARTS) is 1. The SMILES string of the molecule is N#CCCNCCN.O=C(O)c1cc[nH]c1. The lowest BCUT2D eigenvalue weighted by molar-refractivity contribution is 0.0697. The Balaban J connectivity index is 0.000000281. The fraction of sp³-hybridized carbons (Fsp3) is 0.400. The average molecular weight is 224 g/mol. The lowest BCUT2D eigenvalue weighted by Gasteiger charge is -1.94. The second-order valence-corrected chi connectivity index (χ2v) is 2.85. The van der Waals surface area contributed by atoms with Crippen LogP contribution >= 0.6 is 0 Å². The van der Waals surface area contributed by atoms with Gasteiger partial charge in [-0.25, -0.2) is 4.79 Å². The predicted octanol–water partition coefficient (Wildman–Crippen LogP) is 0.161. The Hall–Kier alpha value is -1.84. The average Bonchev–Trinajstić information content (AvgIpc) is 2.79. The maximum Gasteiger partial charge on any atom is 0.337 e. The van der Waals surface area contributed by atoms with Crippen LogP contribution in [0.3, 0.4) is 0 Å². The number of hydrogen-bond acceptors (Lipinski definition) is 4. The molecule has 0 aliphatic heterocycles. The third-order valence-electron chi connectivity index (χ3n) is 1.58. The van der Waals surface area contributed by atoms with Crippen molar-refractivity contribution in [1.29, 1.82) is 5.26 Å². The molecule has 16 heavy (non-hydrogen) atoms. The number of carboxylic acids is 1. The predicted molar refractivity (Wildman–Crippen MR) is 59.9 cm³/mol. The number of aromatic carboxylic acids is 1. The largest absolute Gasteiger partial charge is 0.478 e. The summed E-state index contributed by atoms with van der Waals surface area (Å²) in [6, 6.07) is 3.53. The zero-order chi connectivity index (χ0) is 12.2. The molecule has 0 atom stereocenters. The van der Waals surface area contributed by atoms with Crippen molar-refractivity contribution in [1.82, 2.24) is 10.3 Å². The van der Waals surface area contributed by atoms with Crippen molar-refractivity contribution < 1.29 is 9.90 Å². The summed E-state index contributed by atoms with van der Waals surface area (Å²) in [5.41, 5.74) is 5.46. The first-order valence-electron chi connectivity index (χ1n) is 4.86. The molecule has 0 unspecified atom stereocenters. The Bertz CT molecular complexity index is 316. The van der Waals surface area contributed by atoms with Gasteiger partial charge >= 0.3 is 5.97 Å². The van der Waals surface area contributed by atoms with Gasteiger partial charge in [-0.1, -0.05) is 0 Å². The second-order valence-electron chi connectivity index (χ2n) is 2.85. The second kappa shape index (κ2) is 9.71. The minimum atomic E-state index is -0.897. The van der Waals surface area contributed by atoms with Gasteiger partial charge in [0.1, 0.15) is 0 Å². The Labute approximate surface area is 94.1 Å². The molecule has 88 valence electrons. The number of nitrogens with zero attached hydrogens (tertiary/aromatic N) is 1. The van der Waals surface area contributed by atoms with E-state index < -0.39 is 5.97 Å².